The number of sulfonamides is 1. The Balaban J connectivity index is 1.71. The summed E-state index contributed by atoms with van der Waals surface area (Å²) < 4.78 is 30.6. The van der Waals surface area contributed by atoms with Gasteiger partial charge in [0.15, 0.2) is 0 Å². The zero-order chi connectivity index (χ0) is 16.4. The van der Waals surface area contributed by atoms with E-state index in [0.29, 0.717) is 19.5 Å². The smallest absolute Gasteiger partial charge is 0.243 e. The molecule has 0 spiro atoms. The summed E-state index contributed by atoms with van der Waals surface area (Å²) in [6.07, 6.45) is 7.24. The monoisotopic (exact) mass is 333 g/mol. The van der Waals surface area contributed by atoms with Crippen LogP contribution in [0.15, 0.2) is 41.8 Å². The van der Waals surface area contributed by atoms with Crippen LogP contribution < -0.4 is 4.72 Å². The number of rotatable bonds is 6. The van der Waals surface area contributed by atoms with E-state index in [2.05, 4.69) is 14.8 Å². The largest absolute Gasteiger partial charge is 0.335 e. The molecule has 0 fully saturated rings. The quantitative estimate of drug-likeness (QED) is 0.737. The minimum atomic E-state index is -3.52. The van der Waals surface area contributed by atoms with Crippen LogP contribution in [0.25, 0.3) is 11.0 Å². The summed E-state index contributed by atoms with van der Waals surface area (Å²) in [5, 5.41) is 5.05. The summed E-state index contributed by atoms with van der Waals surface area (Å²) in [5.74, 6) is 0. The van der Waals surface area contributed by atoms with Gasteiger partial charge in [-0.05, 0) is 31.0 Å². The molecule has 7 nitrogen and oxygen atoms in total. The van der Waals surface area contributed by atoms with Crippen LogP contribution in [-0.2, 0) is 30.0 Å². The third kappa shape index (κ3) is 3.13. The summed E-state index contributed by atoms with van der Waals surface area (Å²) in [4.78, 5) is 4.52. The van der Waals surface area contributed by atoms with E-state index in [9.17, 15) is 8.42 Å². The fourth-order valence-electron chi connectivity index (χ4n) is 2.55. The summed E-state index contributed by atoms with van der Waals surface area (Å²) >= 11 is 0. The molecule has 23 heavy (non-hydrogen) atoms. The van der Waals surface area contributed by atoms with E-state index in [1.165, 1.54) is 12.4 Å². The summed E-state index contributed by atoms with van der Waals surface area (Å²) in [6, 6.07) is 3.88. The Kier molecular flexibility index (Phi) is 4.18. The normalized spacial score (nSPS) is 12.1. The highest BCUT2D eigenvalue weighted by Gasteiger charge is 2.16. The predicted molar refractivity (Wildman–Crippen MR) is 87.5 cm³/mol. The third-order valence-corrected chi connectivity index (χ3v) is 5.16. The van der Waals surface area contributed by atoms with Crippen molar-refractivity contribution in [3.8, 4) is 0 Å². The van der Waals surface area contributed by atoms with Crippen LogP contribution in [0.2, 0.25) is 0 Å². The molecule has 122 valence electrons. The second-order valence-electron chi connectivity index (χ2n) is 5.32. The number of fused-ring (bicyclic) bond motifs is 1. The second kappa shape index (κ2) is 6.13. The lowest BCUT2D eigenvalue weighted by Crippen LogP contribution is -2.25. The number of hydrogen-bond donors (Lipinski definition) is 1. The van der Waals surface area contributed by atoms with Crippen molar-refractivity contribution in [2.45, 2.75) is 24.8 Å². The maximum atomic E-state index is 12.2. The number of pyridine rings is 1. The molecule has 8 heteroatoms. The number of hydrogen-bond acceptors (Lipinski definition) is 4. The van der Waals surface area contributed by atoms with Crippen LogP contribution in [0.4, 0.5) is 0 Å². The number of nitrogens with zero attached hydrogens (tertiary/aromatic N) is 4. The van der Waals surface area contributed by atoms with E-state index in [1.807, 2.05) is 36.9 Å². The van der Waals surface area contributed by atoms with Crippen molar-refractivity contribution in [2.24, 2.45) is 7.05 Å². The lowest BCUT2D eigenvalue weighted by molar-refractivity contribution is 0.581. The molecule has 3 aromatic heterocycles. The topological polar surface area (TPSA) is 81.8 Å². The van der Waals surface area contributed by atoms with Gasteiger partial charge >= 0.3 is 0 Å². The first-order chi connectivity index (χ1) is 11.0. The van der Waals surface area contributed by atoms with Crippen LogP contribution >= 0.6 is 0 Å². The van der Waals surface area contributed by atoms with Crippen LogP contribution in [0.3, 0.4) is 0 Å². The van der Waals surface area contributed by atoms with Crippen molar-refractivity contribution in [3.63, 3.8) is 0 Å². The van der Waals surface area contributed by atoms with Crippen molar-refractivity contribution in [3.05, 3.63) is 42.5 Å². The first-order valence-electron chi connectivity index (χ1n) is 7.42. The summed E-state index contributed by atoms with van der Waals surface area (Å²) in [7, 11) is -1.59. The molecule has 0 saturated carbocycles. The van der Waals surface area contributed by atoms with Crippen LogP contribution in [0.5, 0.6) is 0 Å². The van der Waals surface area contributed by atoms with Gasteiger partial charge in [-0.25, -0.2) is 18.1 Å². The molecule has 3 heterocycles. The van der Waals surface area contributed by atoms with Crippen molar-refractivity contribution in [1.29, 1.82) is 0 Å². The highest BCUT2D eigenvalue weighted by atomic mass is 32.2. The van der Waals surface area contributed by atoms with E-state index in [4.69, 9.17) is 0 Å². The van der Waals surface area contributed by atoms with Gasteiger partial charge in [-0.2, -0.15) is 5.10 Å². The number of nitrogens with one attached hydrogen (secondary N) is 1. The second-order valence-corrected chi connectivity index (χ2v) is 7.09. The molecule has 0 aromatic carbocycles. The Morgan fingerprint density at radius 2 is 2.13 bits per heavy atom. The Hall–Kier alpha value is -2.19. The zero-order valence-electron chi connectivity index (χ0n) is 13.1. The lowest BCUT2D eigenvalue weighted by atomic mass is 10.2. The Labute approximate surface area is 135 Å². The van der Waals surface area contributed by atoms with Crippen molar-refractivity contribution in [1.82, 2.24) is 24.1 Å². The molecular formula is C15H19N5O2S. The Bertz CT molecular complexity index is 926. The van der Waals surface area contributed by atoms with Gasteiger partial charge in [0.25, 0.3) is 0 Å². The van der Waals surface area contributed by atoms with Gasteiger partial charge in [-0.3, -0.25) is 4.68 Å². The average molecular weight is 333 g/mol. The van der Waals surface area contributed by atoms with Gasteiger partial charge < -0.3 is 4.57 Å². The molecule has 3 rings (SSSR count). The molecule has 0 unspecified atom stereocenters. The predicted octanol–water partition coefficient (Wildman–Crippen LogP) is 1.31. The van der Waals surface area contributed by atoms with Gasteiger partial charge in [-0.15, -0.1) is 0 Å². The summed E-state index contributed by atoms with van der Waals surface area (Å²) in [5.41, 5.74) is 1.97. The maximum absolute atomic E-state index is 12.2. The lowest BCUT2D eigenvalue weighted by Gasteiger charge is -2.04. The molecule has 0 aliphatic rings. The minimum Gasteiger partial charge on any atom is -0.335 e. The van der Waals surface area contributed by atoms with Crippen molar-refractivity contribution < 1.29 is 8.42 Å². The molecule has 0 radical (unpaired) electrons. The highest BCUT2D eigenvalue weighted by Crippen LogP contribution is 2.18. The zero-order valence-corrected chi connectivity index (χ0v) is 13.9. The van der Waals surface area contributed by atoms with Gasteiger partial charge in [-0.1, -0.05) is 0 Å². The highest BCUT2D eigenvalue weighted by molar-refractivity contribution is 7.89. The fourth-order valence-corrected chi connectivity index (χ4v) is 3.54. The van der Waals surface area contributed by atoms with Gasteiger partial charge in [0.05, 0.1) is 6.20 Å². The van der Waals surface area contributed by atoms with E-state index in [0.717, 1.165) is 16.6 Å². The SMILES string of the molecule is CCn1cc(S(=O)(=O)NCCc2cn(C)c3ncccc23)cn1. The molecule has 0 aliphatic heterocycles. The molecule has 0 atom stereocenters. The summed E-state index contributed by atoms with van der Waals surface area (Å²) in [6.45, 7) is 2.87. The van der Waals surface area contributed by atoms with Crippen LogP contribution in [0.1, 0.15) is 12.5 Å². The van der Waals surface area contributed by atoms with Crippen LogP contribution in [-0.4, -0.2) is 34.3 Å². The van der Waals surface area contributed by atoms with Crippen molar-refractivity contribution >= 4 is 21.1 Å². The molecule has 0 amide bonds. The molecular weight excluding hydrogens is 314 g/mol. The van der Waals surface area contributed by atoms with E-state index in [1.54, 1.807) is 10.9 Å². The van der Waals surface area contributed by atoms with Gasteiger partial charge in [0, 0.05) is 44.1 Å². The van der Waals surface area contributed by atoms with Gasteiger partial charge in [0.2, 0.25) is 10.0 Å². The maximum Gasteiger partial charge on any atom is 0.243 e. The van der Waals surface area contributed by atoms with E-state index in [-0.39, 0.29) is 4.90 Å². The minimum absolute atomic E-state index is 0.193. The van der Waals surface area contributed by atoms with E-state index < -0.39 is 10.0 Å². The molecule has 0 bridgehead atoms. The third-order valence-electron chi connectivity index (χ3n) is 3.75. The van der Waals surface area contributed by atoms with Gasteiger partial charge in [0.1, 0.15) is 10.5 Å². The standard InChI is InChI=1S/C15H19N5O2S/c1-3-20-11-13(9-17-20)23(21,22)18-8-6-12-10-19(2)15-14(12)5-4-7-16-15/h4-5,7,9-11,18H,3,6,8H2,1-2H3. The molecule has 0 saturated heterocycles. The van der Waals surface area contributed by atoms with E-state index >= 15 is 0 Å². The first-order valence-corrected chi connectivity index (χ1v) is 8.90. The number of aryl methyl sites for hydroxylation is 2. The Morgan fingerprint density at radius 1 is 1.30 bits per heavy atom. The average Bonchev–Trinajstić information content (AvgIpc) is 3.14. The fraction of sp³-hybridized carbons (Fsp3) is 0.333. The first kappa shape index (κ1) is 15.7. The number of aromatic nitrogens is 4. The molecule has 1 N–H and O–H groups in total. The molecule has 0 aliphatic carbocycles. The molecule has 3 aromatic rings. The Morgan fingerprint density at radius 3 is 2.87 bits per heavy atom. The van der Waals surface area contributed by atoms with Crippen LogP contribution in [0, 0.1) is 0 Å². The van der Waals surface area contributed by atoms with Crippen molar-refractivity contribution in [2.75, 3.05) is 6.54 Å².